The van der Waals surface area contributed by atoms with Crippen LogP contribution in [-0.2, 0) is 4.79 Å². The van der Waals surface area contributed by atoms with Gasteiger partial charge in [0.1, 0.15) is 5.75 Å². The molecule has 0 saturated carbocycles. The Morgan fingerprint density at radius 3 is 2.25 bits per heavy atom. The predicted octanol–water partition coefficient (Wildman–Crippen LogP) is 2.02. The van der Waals surface area contributed by atoms with E-state index in [9.17, 15) is 4.79 Å². The van der Waals surface area contributed by atoms with Crippen LogP contribution in [0.25, 0.3) is 0 Å². The summed E-state index contributed by atoms with van der Waals surface area (Å²) in [6, 6.07) is 7.40. The highest BCUT2D eigenvalue weighted by molar-refractivity contribution is 6.12. The van der Waals surface area contributed by atoms with E-state index < -0.39 is 5.97 Å². The van der Waals surface area contributed by atoms with Gasteiger partial charge < -0.3 is 19.6 Å². The van der Waals surface area contributed by atoms with Gasteiger partial charge in [0.05, 0.1) is 0 Å². The normalized spacial score (nSPS) is 23.1. The summed E-state index contributed by atoms with van der Waals surface area (Å²) in [5, 5.41) is 13.4. The number of hydrogen-bond acceptors (Lipinski definition) is 9. The molecule has 0 spiro atoms. The van der Waals surface area contributed by atoms with Crippen molar-refractivity contribution in [1.82, 2.24) is 20.1 Å². The van der Waals surface area contributed by atoms with E-state index in [1.807, 2.05) is 12.1 Å². The Bertz CT molecular complexity index is 931. The standard InChI is InChI=1S/C22H29N7O3/c30-18(31)15-32-17-9-7-16(8-10-17)19-25-26-21-23-20(27-11-3-1-4-12-27)24-22(29(19)21)28-13-5-2-6-14-28/h7-10,19,25H,1-6,11-15H2,(H,30,31). The number of guanidine groups is 3. The van der Waals surface area contributed by atoms with Gasteiger partial charge >= 0.3 is 5.97 Å². The summed E-state index contributed by atoms with van der Waals surface area (Å²) in [5.74, 6) is 1.82. The molecule has 4 aliphatic heterocycles. The lowest BCUT2D eigenvalue weighted by Crippen LogP contribution is -2.53. The molecule has 10 heteroatoms. The highest BCUT2D eigenvalue weighted by Gasteiger charge is 2.39. The molecule has 2 saturated heterocycles. The summed E-state index contributed by atoms with van der Waals surface area (Å²) in [6.07, 6.45) is 6.92. The third kappa shape index (κ3) is 4.21. The molecule has 0 amide bonds. The van der Waals surface area contributed by atoms with Crippen molar-refractivity contribution in [3.63, 3.8) is 0 Å². The number of ether oxygens (including phenoxy) is 1. The molecule has 0 radical (unpaired) electrons. The Labute approximate surface area is 187 Å². The summed E-state index contributed by atoms with van der Waals surface area (Å²) in [7, 11) is 0. The van der Waals surface area contributed by atoms with Gasteiger partial charge in [-0.15, -0.1) is 5.10 Å². The van der Waals surface area contributed by atoms with Gasteiger partial charge in [0.25, 0.3) is 5.96 Å². The number of aliphatic imine (C=N–C) groups is 2. The minimum Gasteiger partial charge on any atom is -0.482 e. The Kier molecular flexibility index (Phi) is 5.83. The van der Waals surface area contributed by atoms with Crippen LogP contribution in [0.2, 0.25) is 0 Å². The van der Waals surface area contributed by atoms with Gasteiger partial charge in [-0.25, -0.2) is 4.79 Å². The fraction of sp³-hybridized carbons (Fsp3) is 0.545. The number of carboxylic acid groups (broad SMARTS) is 1. The summed E-state index contributed by atoms with van der Waals surface area (Å²) in [6.45, 7) is 3.56. The number of hydrogen-bond donors (Lipinski definition) is 2. The van der Waals surface area contributed by atoms with E-state index >= 15 is 0 Å². The van der Waals surface area contributed by atoms with Gasteiger partial charge in [-0.1, -0.05) is 12.1 Å². The lowest BCUT2D eigenvalue weighted by molar-refractivity contribution is -0.139. The van der Waals surface area contributed by atoms with Crippen LogP contribution in [-0.4, -0.2) is 76.4 Å². The van der Waals surface area contributed by atoms with Crippen LogP contribution >= 0.6 is 0 Å². The zero-order valence-corrected chi connectivity index (χ0v) is 18.1. The largest absolute Gasteiger partial charge is 0.482 e. The highest BCUT2D eigenvalue weighted by Crippen LogP contribution is 2.30. The van der Waals surface area contributed by atoms with E-state index in [0.717, 1.165) is 56.5 Å². The number of piperidine rings is 2. The number of nitrogens with zero attached hydrogens (tertiary/aromatic N) is 6. The van der Waals surface area contributed by atoms with Crippen LogP contribution in [0.3, 0.4) is 0 Å². The molecular formula is C22H29N7O3. The number of carboxylic acids is 1. The molecule has 4 heterocycles. The topological polar surface area (TPSA) is 105 Å². The SMILES string of the molecule is O=C(O)COc1ccc(C2NN=C3N=C(N4CCCCC4)N=C(N4CCCCC4)N32)cc1. The van der Waals surface area contributed by atoms with Crippen molar-refractivity contribution >= 4 is 23.8 Å². The lowest BCUT2D eigenvalue weighted by Gasteiger charge is -2.39. The van der Waals surface area contributed by atoms with Gasteiger partial charge in [-0.2, -0.15) is 9.98 Å². The first kappa shape index (κ1) is 20.6. The molecule has 1 atom stereocenters. The second kappa shape index (κ2) is 9.05. The third-order valence-corrected chi connectivity index (χ3v) is 6.21. The van der Waals surface area contributed by atoms with Crippen molar-refractivity contribution in [3.05, 3.63) is 29.8 Å². The van der Waals surface area contributed by atoms with Crippen molar-refractivity contribution in [2.24, 2.45) is 15.1 Å². The molecular weight excluding hydrogens is 410 g/mol. The fourth-order valence-corrected chi connectivity index (χ4v) is 4.55. The summed E-state index contributed by atoms with van der Waals surface area (Å²) >= 11 is 0. The van der Waals surface area contributed by atoms with Crippen molar-refractivity contribution < 1.29 is 14.6 Å². The second-order valence-corrected chi connectivity index (χ2v) is 8.48. The molecule has 5 rings (SSSR count). The van der Waals surface area contributed by atoms with Crippen LogP contribution in [0.15, 0.2) is 39.4 Å². The van der Waals surface area contributed by atoms with Gasteiger partial charge in [0.15, 0.2) is 12.8 Å². The Hall–Kier alpha value is -3.30. The van der Waals surface area contributed by atoms with Crippen LogP contribution in [0, 0.1) is 0 Å². The van der Waals surface area contributed by atoms with E-state index in [4.69, 9.17) is 19.8 Å². The second-order valence-electron chi connectivity index (χ2n) is 8.48. The van der Waals surface area contributed by atoms with Crippen molar-refractivity contribution in [2.75, 3.05) is 32.8 Å². The summed E-state index contributed by atoms with van der Waals surface area (Å²) in [5.41, 5.74) is 4.20. The molecule has 1 aromatic carbocycles. The van der Waals surface area contributed by atoms with Gasteiger partial charge in [-0.3, -0.25) is 10.3 Å². The monoisotopic (exact) mass is 439 g/mol. The van der Waals surface area contributed by atoms with Crippen molar-refractivity contribution in [1.29, 1.82) is 0 Å². The average molecular weight is 440 g/mol. The zero-order valence-electron chi connectivity index (χ0n) is 18.1. The number of likely N-dealkylation sites (tertiary alicyclic amines) is 2. The minimum atomic E-state index is -0.998. The lowest BCUT2D eigenvalue weighted by atomic mass is 10.1. The average Bonchev–Trinajstić information content (AvgIpc) is 3.28. The molecule has 2 N–H and O–H groups in total. The molecule has 0 aromatic heterocycles. The Balaban J connectivity index is 1.40. The van der Waals surface area contributed by atoms with E-state index in [1.165, 1.54) is 25.7 Å². The number of nitrogens with one attached hydrogen (secondary N) is 1. The first-order valence-electron chi connectivity index (χ1n) is 11.4. The molecule has 10 nitrogen and oxygen atoms in total. The van der Waals surface area contributed by atoms with Crippen LogP contribution in [0.4, 0.5) is 0 Å². The van der Waals surface area contributed by atoms with Gasteiger partial charge in [0.2, 0.25) is 11.9 Å². The maximum atomic E-state index is 10.7. The molecule has 1 unspecified atom stereocenters. The number of carbonyl (C=O) groups is 1. The summed E-state index contributed by atoms with van der Waals surface area (Å²) < 4.78 is 5.27. The molecule has 0 aliphatic carbocycles. The summed E-state index contributed by atoms with van der Waals surface area (Å²) in [4.78, 5) is 27.3. The van der Waals surface area contributed by atoms with Crippen molar-refractivity contribution in [2.45, 2.75) is 44.7 Å². The van der Waals surface area contributed by atoms with Crippen LogP contribution < -0.4 is 10.2 Å². The number of fused-ring (bicyclic) bond motifs is 1. The Morgan fingerprint density at radius 1 is 0.938 bits per heavy atom. The number of hydrazone groups is 1. The number of aliphatic carboxylic acids is 1. The van der Waals surface area contributed by atoms with Crippen molar-refractivity contribution in [3.8, 4) is 5.75 Å². The molecule has 1 aromatic rings. The number of benzene rings is 1. The van der Waals surface area contributed by atoms with Gasteiger partial charge in [-0.05, 0) is 56.2 Å². The Morgan fingerprint density at radius 2 is 1.59 bits per heavy atom. The number of rotatable bonds is 4. The quantitative estimate of drug-likeness (QED) is 0.739. The maximum Gasteiger partial charge on any atom is 0.341 e. The van der Waals surface area contributed by atoms with E-state index in [2.05, 4.69) is 25.2 Å². The molecule has 0 bridgehead atoms. The highest BCUT2D eigenvalue weighted by atomic mass is 16.5. The fourth-order valence-electron chi connectivity index (χ4n) is 4.55. The molecule has 32 heavy (non-hydrogen) atoms. The maximum absolute atomic E-state index is 10.7. The first-order valence-corrected chi connectivity index (χ1v) is 11.4. The predicted molar refractivity (Wildman–Crippen MR) is 120 cm³/mol. The molecule has 170 valence electrons. The van der Waals surface area contributed by atoms with E-state index in [0.29, 0.717) is 11.7 Å². The zero-order chi connectivity index (χ0) is 21.9. The van der Waals surface area contributed by atoms with E-state index in [-0.39, 0.29) is 12.8 Å². The van der Waals surface area contributed by atoms with Crippen LogP contribution in [0.1, 0.15) is 50.3 Å². The van der Waals surface area contributed by atoms with E-state index in [1.54, 1.807) is 12.1 Å². The smallest absolute Gasteiger partial charge is 0.341 e. The molecule has 2 fully saturated rings. The third-order valence-electron chi connectivity index (χ3n) is 6.21. The van der Waals surface area contributed by atoms with Crippen LogP contribution in [0.5, 0.6) is 5.75 Å². The first-order chi connectivity index (χ1) is 15.7. The molecule has 4 aliphatic rings. The van der Waals surface area contributed by atoms with Gasteiger partial charge in [0, 0.05) is 26.2 Å². The minimum absolute atomic E-state index is 0.231.